The van der Waals surface area contributed by atoms with E-state index in [2.05, 4.69) is 0 Å². The van der Waals surface area contributed by atoms with Gasteiger partial charge in [-0.1, -0.05) is 24.6 Å². The van der Waals surface area contributed by atoms with Crippen molar-refractivity contribution in [1.82, 2.24) is 0 Å². The molecule has 1 atom stereocenters. The molecular weight excluding hydrogens is 217 g/mol. The van der Waals surface area contributed by atoms with Crippen LogP contribution in [0.1, 0.15) is 24.8 Å². The number of nitriles is 1. The second-order valence-corrected chi connectivity index (χ2v) is 3.42. The highest BCUT2D eigenvalue weighted by Crippen LogP contribution is 2.28. The Bertz CT molecular complexity index is 405. The summed E-state index contributed by atoms with van der Waals surface area (Å²) in [6, 6.07) is 5.87. The lowest BCUT2D eigenvalue weighted by Crippen LogP contribution is -2.11. The fourth-order valence-corrected chi connectivity index (χ4v) is 1.56. The predicted octanol–water partition coefficient (Wildman–Crippen LogP) is 3.07. The summed E-state index contributed by atoms with van der Waals surface area (Å²) in [7, 11) is 0. The van der Waals surface area contributed by atoms with Gasteiger partial charge in [0.1, 0.15) is 11.7 Å². The normalized spacial score (nSPS) is 11.9. The number of Topliss-reactive ketones (excluding diaryl/α,β-unsaturated/α-hetero) is 1. The Labute approximate surface area is 92.3 Å². The smallest absolute Gasteiger partial charge is 0.154 e. The molecule has 0 radical (unpaired) electrons. The van der Waals surface area contributed by atoms with E-state index in [4.69, 9.17) is 16.9 Å². The number of benzene rings is 1. The van der Waals surface area contributed by atoms with Crippen LogP contribution < -0.4 is 0 Å². The molecule has 1 unspecified atom stereocenters. The summed E-state index contributed by atoms with van der Waals surface area (Å²) in [6.07, 6.45) is 0.183. The fourth-order valence-electron chi connectivity index (χ4n) is 1.29. The third kappa shape index (κ3) is 2.34. The minimum atomic E-state index is -1.11. The van der Waals surface area contributed by atoms with Gasteiger partial charge in [0, 0.05) is 17.0 Å². The van der Waals surface area contributed by atoms with Crippen LogP contribution in [0, 0.1) is 17.1 Å². The molecule has 1 aromatic carbocycles. The highest BCUT2D eigenvalue weighted by Gasteiger charge is 2.24. The van der Waals surface area contributed by atoms with E-state index < -0.39 is 11.7 Å². The zero-order valence-electron chi connectivity index (χ0n) is 8.13. The fraction of sp³-hybridized carbons (Fsp3) is 0.273. The van der Waals surface area contributed by atoms with Crippen LogP contribution in [-0.4, -0.2) is 5.78 Å². The van der Waals surface area contributed by atoms with Crippen molar-refractivity contribution >= 4 is 17.4 Å². The van der Waals surface area contributed by atoms with Gasteiger partial charge in [-0.2, -0.15) is 5.26 Å². The minimum Gasteiger partial charge on any atom is -0.298 e. The lowest BCUT2D eigenvalue weighted by atomic mass is 9.94. The second kappa shape index (κ2) is 4.90. The Morgan fingerprint density at radius 2 is 2.33 bits per heavy atom. The molecule has 0 saturated carbocycles. The van der Waals surface area contributed by atoms with Crippen molar-refractivity contribution in [2.75, 3.05) is 0 Å². The number of carbonyl (C=O) groups is 1. The van der Waals surface area contributed by atoms with Gasteiger partial charge in [-0.05, 0) is 12.1 Å². The van der Waals surface area contributed by atoms with Crippen LogP contribution in [0.3, 0.4) is 0 Å². The molecule has 0 fully saturated rings. The first-order valence-corrected chi connectivity index (χ1v) is 4.85. The number of halogens is 2. The molecule has 0 heterocycles. The van der Waals surface area contributed by atoms with Gasteiger partial charge < -0.3 is 0 Å². The molecular formula is C11H9ClFNO. The Kier molecular flexibility index (Phi) is 3.81. The van der Waals surface area contributed by atoms with Gasteiger partial charge in [0.25, 0.3) is 0 Å². The predicted molar refractivity (Wildman–Crippen MR) is 55.1 cm³/mol. The van der Waals surface area contributed by atoms with Crippen molar-refractivity contribution in [2.24, 2.45) is 0 Å². The molecule has 15 heavy (non-hydrogen) atoms. The van der Waals surface area contributed by atoms with Gasteiger partial charge in [-0.3, -0.25) is 4.79 Å². The zero-order chi connectivity index (χ0) is 11.4. The molecule has 0 aliphatic carbocycles. The number of hydrogen-bond acceptors (Lipinski definition) is 2. The van der Waals surface area contributed by atoms with E-state index >= 15 is 0 Å². The van der Waals surface area contributed by atoms with E-state index in [1.54, 1.807) is 13.0 Å². The van der Waals surface area contributed by atoms with Crippen LogP contribution in [0.15, 0.2) is 18.2 Å². The molecule has 2 nitrogen and oxygen atoms in total. The van der Waals surface area contributed by atoms with E-state index in [1.165, 1.54) is 18.2 Å². The van der Waals surface area contributed by atoms with E-state index in [9.17, 15) is 9.18 Å². The van der Waals surface area contributed by atoms with Gasteiger partial charge in [-0.25, -0.2) is 4.39 Å². The summed E-state index contributed by atoms with van der Waals surface area (Å²) in [5.74, 6) is -2.05. The van der Waals surface area contributed by atoms with Crippen molar-refractivity contribution in [2.45, 2.75) is 19.3 Å². The van der Waals surface area contributed by atoms with E-state index in [0.29, 0.717) is 0 Å². The molecule has 0 N–H and O–H groups in total. The Morgan fingerprint density at radius 1 is 1.67 bits per heavy atom. The lowest BCUT2D eigenvalue weighted by molar-refractivity contribution is -0.119. The van der Waals surface area contributed by atoms with Gasteiger partial charge in [-0.15, -0.1) is 0 Å². The molecule has 1 rings (SSSR count). The molecule has 78 valence electrons. The number of hydrogen-bond donors (Lipinski definition) is 0. The molecule has 0 aliphatic heterocycles. The summed E-state index contributed by atoms with van der Waals surface area (Å²) in [6.45, 7) is 1.63. The first kappa shape index (κ1) is 11.7. The largest absolute Gasteiger partial charge is 0.298 e. The van der Waals surface area contributed by atoms with Gasteiger partial charge >= 0.3 is 0 Å². The monoisotopic (exact) mass is 225 g/mol. The average Bonchev–Trinajstić information content (AvgIpc) is 2.22. The van der Waals surface area contributed by atoms with Gasteiger partial charge in [0.05, 0.1) is 6.07 Å². The molecule has 0 aliphatic rings. The lowest BCUT2D eigenvalue weighted by Gasteiger charge is -2.09. The van der Waals surface area contributed by atoms with E-state index in [-0.39, 0.29) is 22.8 Å². The van der Waals surface area contributed by atoms with Crippen molar-refractivity contribution in [1.29, 1.82) is 5.26 Å². The molecule has 0 bridgehead atoms. The summed E-state index contributed by atoms with van der Waals surface area (Å²) in [5.41, 5.74) is -0.0199. The average molecular weight is 226 g/mol. The number of carbonyl (C=O) groups excluding carboxylic acids is 1. The Balaban J connectivity index is 3.25. The third-order valence-corrected chi connectivity index (χ3v) is 2.42. The summed E-state index contributed by atoms with van der Waals surface area (Å²) in [5, 5.41) is 8.95. The van der Waals surface area contributed by atoms with Gasteiger partial charge in [0.2, 0.25) is 0 Å². The van der Waals surface area contributed by atoms with E-state index in [1.807, 2.05) is 0 Å². The van der Waals surface area contributed by atoms with Crippen LogP contribution in [0.5, 0.6) is 0 Å². The topological polar surface area (TPSA) is 40.9 Å². The first-order valence-electron chi connectivity index (χ1n) is 4.48. The summed E-state index contributed by atoms with van der Waals surface area (Å²) < 4.78 is 13.4. The van der Waals surface area contributed by atoms with Crippen molar-refractivity contribution in [3.8, 4) is 6.07 Å². The zero-order valence-corrected chi connectivity index (χ0v) is 8.88. The second-order valence-electron chi connectivity index (χ2n) is 3.02. The first-order chi connectivity index (χ1) is 7.11. The van der Waals surface area contributed by atoms with Crippen molar-refractivity contribution in [3.05, 3.63) is 34.6 Å². The van der Waals surface area contributed by atoms with Crippen LogP contribution in [0.2, 0.25) is 5.02 Å². The maximum Gasteiger partial charge on any atom is 0.154 e. The number of nitrogens with zero attached hydrogens (tertiary/aromatic N) is 1. The SMILES string of the molecule is CCC(=O)C(C#N)c1c(F)cccc1Cl. The number of rotatable bonds is 3. The molecule has 0 amide bonds. The highest BCUT2D eigenvalue weighted by molar-refractivity contribution is 6.31. The molecule has 0 spiro atoms. The highest BCUT2D eigenvalue weighted by atomic mass is 35.5. The summed E-state index contributed by atoms with van der Waals surface area (Å²) in [4.78, 5) is 11.4. The van der Waals surface area contributed by atoms with Crippen LogP contribution in [0.25, 0.3) is 0 Å². The minimum absolute atomic E-state index is 0.0199. The van der Waals surface area contributed by atoms with E-state index in [0.717, 1.165) is 0 Å². The van der Waals surface area contributed by atoms with Crippen molar-refractivity contribution in [3.63, 3.8) is 0 Å². The van der Waals surface area contributed by atoms with Crippen LogP contribution in [-0.2, 0) is 4.79 Å². The molecule has 0 saturated heterocycles. The van der Waals surface area contributed by atoms with Crippen molar-refractivity contribution < 1.29 is 9.18 Å². The Hall–Kier alpha value is -1.40. The standard InChI is InChI=1S/C11H9ClFNO/c1-2-10(15)7(6-14)11-8(12)4-3-5-9(11)13/h3-5,7H,2H2,1H3. The van der Waals surface area contributed by atoms with Crippen LogP contribution >= 0.6 is 11.6 Å². The quantitative estimate of drug-likeness (QED) is 0.793. The molecule has 1 aromatic rings. The number of ketones is 1. The maximum absolute atomic E-state index is 13.4. The third-order valence-electron chi connectivity index (χ3n) is 2.09. The molecule has 4 heteroatoms. The maximum atomic E-state index is 13.4. The molecule has 0 aromatic heterocycles. The van der Waals surface area contributed by atoms with Gasteiger partial charge in [0.15, 0.2) is 5.78 Å². The summed E-state index contributed by atoms with van der Waals surface area (Å²) >= 11 is 5.76. The Morgan fingerprint density at radius 3 is 2.80 bits per heavy atom. The van der Waals surface area contributed by atoms with Crippen LogP contribution in [0.4, 0.5) is 4.39 Å².